The minimum absolute atomic E-state index is 0.480. The molecule has 0 fully saturated rings. The highest BCUT2D eigenvalue weighted by Crippen LogP contribution is 2.63. The lowest BCUT2D eigenvalue weighted by Gasteiger charge is -2.33. The molecule has 0 N–H and O–H groups in total. The zero-order valence-corrected chi connectivity index (χ0v) is 41.1. The van der Waals surface area contributed by atoms with Crippen molar-refractivity contribution in [3.05, 3.63) is 313 Å². The van der Waals surface area contributed by atoms with E-state index in [1.807, 2.05) is 0 Å². The number of benzene rings is 12. The molecule has 0 bridgehead atoms. The third kappa shape index (κ3) is 6.60. The van der Waals surface area contributed by atoms with Crippen LogP contribution in [0.1, 0.15) is 22.3 Å². The topological polar surface area (TPSA) is 8.17 Å². The molecule has 15 rings (SSSR count). The number of nitrogens with zero attached hydrogens (tertiary/aromatic N) is 2. The van der Waals surface area contributed by atoms with Crippen LogP contribution in [0.25, 0.3) is 94.3 Å². The van der Waals surface area contributed by atoms with Gasteiger partial charge in [0.2, 0.25) is 0 Å². The van der Waals surface area contributed by atoms with Gasteiger partial charge in [-0.15, -0.1) is 0 Å². The summed E-state index contributed by atoms with van der Waals surface area (Å²) in [5, 5.41) is 2.54. The van der Waals surface area contributed by atoms with Gasteiger partial charge in [0.1, 0.15) is 0 Å². The highest BCUT2D eigenvalue weighted by molar-refractivity contribution is 6.09. The quantitative estimate of drug-likeness (QED) is 0.147. The Balaban J connectivity index is 0.860. The summed E-state index contributed by atoms with van der Waals surface area (Å²) < 4.78 is 2.37. The minimum Gasteiger partial charge on any atom is -0.309 e. The van der Waals surface area contributed by atoms with Gasteiger partial charge in [-0.1, -0.05) is 243 Å². The van der Waals surface area contributed by atoms with E-state index < -0.39 is 5.41 Å². The molecule has 13 aromatic rings. The van der Waals surface area contributed by atoms with Crippen molar-refractivity contribution in [3.63, 3.8) is 0 Å². The predicted molar refractivity (Wildman–Crippen MR) is 314 cm³/mol. The zero-order valence-electron chi connectivity index (χ0n) is 41.1. The maximum absolute atomic E-state index is 2.52. The van der Waals surface area contributed by atoms with Gasteiger partial charge in [-0.2, -0.15) is 0 Å². The largest absolute Gasteiger partial charge is 0.309 e. The van der Waals surface area contributed by atoms with Crippen LogP contribution in [0.4, 0.5) is 17.1 Å². The molecular weight excluding hydrogens is 905 g/mol. The molecule has 1 spiro atoms. The second-order valence-corrected chi connectivity index (χ2v) is 19.9. The highest BCUT2D eigenvalue weighted by atomic mass is 15.1. The normalized spacial score (nSPS) is 12.6. The van der Waals surface area contributed by atoms with Crippen molar-refractivity contribution in [2.24, 2.45) is 0 Å². The number of aromatic nitrogens is 1. The fourth-order valence-electron chi connectivity index (χ4n) is 12.8. The molecular formula is C73H48N2. The minimum atomic E-state index is -0.480. The van der Waals surface area contributed by atoms with Gasteiger partial charge in [0.05, 0.1) is 22.1 Å². The van der Waals surface area contributed by atoms with E-state index in [1.165, 1.54) is 83.0 Å². The van der Waals surface area contributed by atoms with E-state index in [0.29, 0.717) is 0 Å². The van der Waals surface area contributed by atoms with Crippen LogP contribution < -0.4 is 4.90 Å². The molecule has 0 atom stereocenters. The Morgan fingerprint density at radius 2 is 0.627 bits per heavy atom. The molecule has 2 heteroatoms. The molecule has 2 aliphatic rings. The van der Waals surface area contributed by atoms with Crippen molar-refractivity contribution in [3.8, 4) is 72.4 Å². The van der Waals surface area contributed by atoms with Crippen LogP contribution >= 0.6 is 0 Å². The molecule has 1 heterocycles. The van der Waals surface area contributed by atoms with E-state index in [-0.39, 0.29) is 0 Å². The molecule has 2 aliphatic carbocycles. The van der Waals surface area contributed by atoms with E-state index in [2.05, 4.69) is 301 Å². The van der Waals surface area contributed by atoms with Crippen LogP contribution in [-0.2, 0) is 5.41 Å². The summed E-state index contributed by atoms with van der Waals surface area (Å²) in [5.41, 5.74) is 26.3. The van der Waals surface area contributed by atoms with Gasteiger partial charge in [-0.25, -0.2) is 0 Å². The van der Waals surface area contributed by atoms with Crippen LogP contribution in [-0.4, -0.2) is 4.57 Å². The van der Waals surface area contributed by atoms with Crippen molar-refractivity contribution in [1.82, 2.24) is 4.57 Å². The predicted octanol–water partition coefficient (Wildman–Crippen LogP) is 19.3. The molecule has 75 heavy (non-hydrogen) atoms. The maximum atomic E-state index is 2.52. The number of hydrogen-bond acceptors (Lipinski definition) is 1. The zero-order chi connectivity index (χ0) is 49.5. The first-order valence-corrected chi connectivity index (χ1v) is 26.0. The van der Waals surface area contributed by atoms with E-state index >= 15 is 0 Å². The van der Waals surface area contributed by atoms with Crippen LogP contribution in [0.2, 0.25) is 0 Å². The van der Waals surface area contributed by atoms with Gasteiger partial charge >= 0.3 is 0 Å². The molecule has 0 saturated heterocycles. The Labute approximate surface area is 437 Å². The van der Waals surface area contributed by atoms with Gasteiger partial charge in [0, 0.05) is 39.0 Å². The van der Waals surface area contributed by atoms with Gasteiger partial charge in [0.25, 0.3) is 0 Å². The van der Waals surface area contributed by atoms with E-state index in [4.69, 9.17) is 0 Å². The smallest absolute Gasteiger partial charge is 0.0726 e. The standard InChI is InChI=1S/C73H48N2/c1-3-18-53(19-4-1)58-27-17-28-59(54-20-5-2-6-21-54)72(58)74(57-46-47-63-62-24-9-14-31-68(62)73(69(63)48-57)66-29-12-7-22-60(66)61-23-8-13-30-67(61)73)55-42-38-51(39-43-55)49-34-36-50(37-35-49)52-40-44-56(45-41-52)75-70-32-15-10-25-64(70)65-26-11-16-33-71(65)75/h1-48H. The fourth-order valence-corrected chi connectivity index (χ4v) is 12.8. The van der Waals surface area contributed by atoms with Crippen molar-refractivity contribution in [2.45, 2.75) is 5.41 Å². The Kier molecular flexibility index (Phi) is 9.83. The molecule has 0 radical (unpaired) electrons. The molecule has 0 aliphatic heterocycles. The number of anilines is 3. The van der Waals surface area contributed by atoms with Gasteiger partial charge in [-0.05, 0) is 126 Å². The molecule has 12 aromatic carbocycles. The average molecular weight is 953 g/mol. The summed E-state index contributed by atoms with van der Waals surface area (Å²) in [6.07, 6.45) is 0. The summed E-state index contributed by atoms with van der Waals surface area (Å²) >= 11 is 0. The van der Waals surface area contributed by atoms with Crippen molar-refractivity contribution in [1.29, 1.82) is 0 Å². The second-order valence-electron chi connectivity index (χ2n) is 19.9. The lowest BCUT2D eigenvalue weighted by atomic mass is 9.70. The summed E-state index contributed by atoms with van der Waals surface area (Å²) in [6.45, 7) is 0. The van der Waals surface area contributed by atoms with E-state index in [9.17, 15) is 0 Å². The monoisotopic (exact) mass is 952 g/mol. The third-order valence-corrected chi connectivity index (χ3v) is 16.1. The molecule has 0 amide bonds. The van der Waals surface area contributed by atoms with Crippen molar-refractivity contribution >= 4 is 38.9 Å². The SMILES string of the molecule is c1ccc(-c2cccc(-c3ccccc3)c2N(c2ccc(-c3ccc(-c4ccc(-n5c6ccccc6c6ccccc65)cc4)cc3)cc2)c2ccc3c(c2)C2(c4ccccc4-c4ccccc42)c2ccccc2-3)cc1. The summed E-state index contributed by atoms with van der Waals surface area (Å²) in [7, 11) is 0. The fraction of sp³-hybridized carbons (Fsp3) is 0.0137. The Morgan fingerprint density at radius 1 is 0.253 bits per heavy atom. The van der Waals surface area contributed by atoms with Gasteiger partial charge in [-0.3, -0.25) is 0 Å². The Morgan fingerprint density at radius 3 is 1.12 bits per heavy atom. The number of para-hydroxylation sites is 3. The van der Waals surface area contributed by atoms with Crippen molar-refractivity contribution in [2.75, 3.05) is 4.90 Å². The number of hydrogen-bond donors (Lipinski definition) is 0. The Bertz CT molecular complexity index is 4140. The molecule has 350 valence electrons. The van der Waals surface area contributed by atoms with Gasteiger partial charge in [0.15, 0.2) is 0 Å². The highest BCUT2D eigenvalue weighted by Gasteiger charge is 2.51. The average Bonchev–Trinajstić information content (AvgIpc) is 4.21. The van der Waals surface area contributed by atoms with Crippen molar-refractivity contribution < 1.29 is 0 Å². The van der Waals surface area contributed by atoms with Crippen LogP contribution in [0.5, 0.6) is 0 Å². The maximum Gasteiger partial charge on any atom is 0.0726 e. The van der Waals surface area contributed by atoms with Gasteiger partial charge < -0.3 is 9.47 Å². The van der Waals surface area contributed by atoms with E-state index in [0.717, 1.165) is 50.6 Å². The first-order valence-electron chi connectivity index (χ1n) is 26.0. The second kappa shape index (κ2) is 17.2. The lowest BCUT2D eigenvalue weighted by molar-refractivity contribution is 0.793. The Hall–Kier alpha value is -9.76. The van der Waals surface area contributed by atoms with E-state index in [1.54, 1.807) is 0 Å². The molecule has 0 unspecified atom stereocenters. The first-order chi connectivity index (χ1) is 37.2. The molecule has 2 nitrogen and oxygen atoms in total. The summed E-state index contributed by atoms with van der Waals surface area (Å²) in [6, 6.07) is 108. The van der Waals surface area contributed by atoms with Crippen LogP contribution in [0.3, 0.4) is 0 Å². The van der Waals surface area contributed by atoms with Crippen LogP contribution in [0, 0.1) is 0 Å². The number of rotatable bonds is 8. The first kappa shape index (κ1) is 42.9. The third-order valence-electron chi connectivity index (χ3n) is 16.1. The molecule has 1 aromatic heterocycles. The summed E-state index contributed by atoms with van der Waals surface area (Å²) in [5.74, 6) is 0. The lowest BCUT2D eigenvalue weighted by Crippen LogP contribution is -2.26. The summed E-state index contributed by atoms with van der Waals surface area (Å²) in [4.78, 5) is 2.52. The molecule has 0 saturated carbocycles. The number of fused-ring (bicyclic) bond motifs is 13. The van der Waals surface area contributed by atoms with Crippen LogP contribution in [0.15, 0.2) is 291 Å².